The lowest BCUT2D eigenvalue weighted by atomic mass is 9.87. The Kier molecular flexibility index (Phi) is 5.67. The van der Waals surface area contributed by atoms with Crippen molar-refractivity contribution >= 4 is 22.5 Å². The molecule has 2 heterocycles. The second kappa shape index (κ2) is 8.07. The standard InChI is InChI=1S/C23H33N3O3/c1-15-7-9-17(10-8-15)26-14-16-12-20(18(23(2,3)28)13-19(16)25-26)24-22(27)21-6-4-5-11-29-21/h12-15,17,21,28H,4-11H2,1-3H3,(H,24,27). The van der Waals surface area contributed by atoms with Crippen molar-refractivity contribution in [3.05, 3.63) is 23.9 Å². The minimum Gasteiger partial charge on any atom is -0.386 e. The number of hydrogen-bond acceptors (Lipinski definition) is 4. The number of rotatable bonds is 4. The lowest BCUT2D eigenvalue weighted by Crippen LogP contribution is -2.34. The molecule has 1 atom stereocenters. The van der Waals surface area contributed by atoms with Crippen molar-refractivity contribution in [2.45, 2.75) is 83.5 Å². The summed E-state index contributed by atoms with van der Waals surface area (Å²) < 4.78 is 7.71. The minimum atomic E-state index is -1.09. The lowest BCUT2D eigenvalue weighted by Gasteiger charge is -2.26. The highest BCUT2D eigenvalue weighted by Crippen LogP contribution is 2.35. The topological polar surface area (TPSA) is 76.4 Å². The fourth-order valence-corrected chi connectivity index (χ4v) is 4.56. The van der Waals surface area contributed by atoms with Crippen LogP contribution < -0.4 is 5.32 Å². The van der Waals surface area contributed by atoms with Gasteiger partial charge in [-0.3, -0.25) is 9.48 Å². The third-order valence-corrected chi connectivity index (χ3v) is 6.41. The van der Waals surface area contributed by atoms with Gasteiger partial charge in [0.2, 0.25) is 0 Å². The zero-order chi connectivity index (χ0) is 20.6. The number of anilines is 1. The second-order valence-electron chi connectivity index (χ2n) is 9.38. The lowest BCUT2D eigenvalue weighted by molar-refractivity contribution is -0.129. The first kappa shape index (κ1) is 20.4. The normalized spacial score (nSPS) is 25.9. The van der Waals surface area contributed by atoms with E-state index in [1.807, 2.05) is 12.1 Å². The third kappa shape index (κ3) is 4.48. The van der Waals surface area contributed by atoms with E-state index in [-0.39, 0.29) is 5.91 Å². The number of aliphatic hydroxyl groups is 1. The van der Waals surface area contributed by atoms with Crippen molar-refractivity contribution in [2.75, 3.05) is 11.9 Å². The molecule has 158 valence electrons. The first-order valence-corrected chi connectivity index (χ1v) is 11.0. The molecule has 4 rings (SSSR count). The van der Waals surface area contributed by atoms with Gasteiger partial charge in [-0.2, -0.15) is 5.10 Å². The molecule has 1 amide bonds. The summed E-state index contributed by atoms with van der Waals surface area (Å²) in [6.07, 6.45) is 9.18. The fraction of sp³-hybridized carbons (Fsp3) is 0.652. The number of fused-ring (bicyclic) bond motifs is 1. The maximum atomic E-state index is 12.7. The molecule has 0 spiro atoms. The Bertz CT molecular complexity index is 869. The molecule has 1 saturated heterocycles. The van der Waals surface area contributed by atoms with E-state index in [9.17, 15) is 9.90 Å². The third-order valence-electron chi connectivity index (χ3n) is 6.41. The maximum absolute atomic E-state index is 12.7. The number of hydrogen-bond donors (Lipinski definition) is 2. The first-order chi connectivity index (χ1) is 13.8. The van der Waals surface area contributed by atoms with E-state index in [1.54, 1.807) is 13.8 Å². The van der Waals surface area contributed by atoms with Crippen LogP contribution in [0.15, 0.2) is 18.3 Å². The average Bonchev–Trinajstić information content (AvgIpc) is 3.11. The summed E-state index contributed by atoms with van der Waals surface area (Å²) in [5, 5.41) is 19.5. The number of amides is 1. The molecule has 0 radical (unpaired) electrons. The summed E-state index contributed by atoms with van der Waals surface area (Å²) >= 11 is 0. The summed E-state index contributed by atoms with van der Waals surface area (Å²) in [6.45, 7) is 6.42. The van der Waals surface area contributed by atoms with Crippen LogP contribution in [0.1, 0.15) is 77.3 Å². The van der Waals surface area contributed by atoms with Crippen LogP contribution in [-0.2, 0) is 15.1 Å². The van der Waals surface area contributed by atoms with Crippen LogP contribution in [0.5, 0.6) is 0 Å². The van der Waals surface area contributed by atoms with Crippen LogP contribution in [0.2, 0.25) is 0 Å². The van der Waals surface area contributed by atoms with Gasteiger partial charge in [-0.15, -0.1) is 0 Å². The molecule has 2 N–H and O–H groups in total. The zero-order valence-electron chi connectivity index (χ0n) is 17.8. The molecule has 2 fully saturated rings. The summed E-state index contributed by atoms with van der Waals surface area (Å²) in [6, 6.07) is 4.28. The maximum Gasteiger partial charge on any atom is 0.253 e. The molecule has 1 aromatic carbocycles. The monoisotopic (exact) mass is 399 g/mol. The van der Waals surface area contributed by atoms with Gasteiger partial charge in [-0.1, -0.05) is 6.92 Å². The van der Waals surface area contributed by atoms with E-state index >= 15 is 0 Å². The Hall–Kier alpha value is -1.92. The predicted octanol–water partition coefficient (Wildman–Crippen LogP) is 4.52. The van der Waals surface area contributed by atoms with E-state index in [4.69, 9.17) is 9.84 Å². The smallest absolute Gasteiger partial charge is 0.253 e. The fourth-order valence-electron chi connectivity index (χ4n) is 4.56. The second-order valence-corrected chi connectivity index (χ2v) is 9.38. The summed E-state index contributed by atoms with van der Waals surface area (Å²) in [5.41, 5.74) is 1.08. The van der Waals surface area contributed by atoms with Gasteiger partial charge in [0.25, 0.3) is 5.91 Å². The van der Waals surface area contributed by atoms with Gasteiger partial charge in [0, 0.05) is 29.4 Å². The molecule has 1 unspecified atom stereocenters. The van der Waals surface area contributed by atoms with Crippen LogP contribution in [0.25, 0.3) is 10.9 Å². The zero-order valence-corrected chi connectivity index (χ0v) is 17.8. The summed E-state index contributed by atoms with van der Waals surface area (Å²) in [5.74, 6) is 0.657. The molecule has 1 aliphatic heterocycles. The van der Waals surface area contributed by atoms with Gasteiger partial charge in [0.15, 0.2) is 0 Å². The predicted molar refractivity (Wildman–Crippen MR) is 114 cm³/mol. The molecule has 1 aliphatic carbocycles. The largest absolute Gasteiger partial charge is 0.386 e. The Labute approximate surface area is 172 Å². The number of nitrogens with zero attached hydrogens (tertiary/aromatic N) is 2. The highest BCUT2D eigenvalue weighted by molar-refractivity contribution is 5.97. The highest BCUT2D eigenvalue weighted by Gasteiger charge is 2.27. The van der Waals surface area contributed by atoms with Crippen LogP contribution in [0.4, 0.5) is 5.69 Å². The van der Waals surface area contributed by atoms with Gasteiger partial charge in [-0.25, -0.2) is 0 Å². The minimum absolute atomic E-state index is 0.136. The number of ether oxygens (including phenoxy) is 1. The molecule has 2 aromatic rings. The molecule has 2 aliphatic rings. The van der Waals surface area contributed by atoms with Gasteiger partial charge in [-0.05, 0) is 76.8 Å². The molecule has 0 bridgehead atoms. The van der Waals surface area contributed by atoms with E-state index in [2.05, 4.69) is 23.1 Å². The van der Waals surface area contributed by atoms with Crippen molar-refractivity contribution in [2.24, 2.45) is 5.92 Å². The summed E-state index contributed by atoms with van der Waals surface area (Å²) in [7, 11) is 0. The molecular formula is C23H33N3O3. The molecule has 6 nitrogen and oxygen atoms in total. The number of carbonyl (C=O) groups excluding carboxylic acids is 1. The van der Waals surface area contributed by atoms with E-state index in [1.165, 1.54) is 12.8 Å². The quantitative estimate of drug-likeness (QED) is 0.792. The number of nitrogens with one attached hydrogen (secondary N) is 1. The Morgan fingerprint density at radius 3 is 2.62 bits per heavy atom. The molecular weight excluding hydrogens is 366 g/mol. The average molecular weight is 400 g/mol. The van der Waals surface area contributed by atoms with Crippen molar-refractivity contribution < 1.29 is 14.6 Å². The first-order valence-electron chi connectivity index (χ1n) is 11.0. The van der Waals surface area contributed by atoms with Crippen molar-refractivity contribution in [3.63, 3.8) is 0 Å². The summed E-state index contributed by atoms with van der Waals surface area (Å²) in [4.78, 5) is 12.7. The molecule has 1 aromatic heterocycles. The van der Waals surface area contributed by atoms with Crippen molar-refractivity contribution in [1.82, 2.24) is 9.78 Å². The Balaban J connectivity index is 1.64. The van der Waals surface area contributed by atoms with Gasteiger partial charge in [0.1, 0.15) is 6.10 Å². The van der Waals surface area contributed by atoms with Crippen LogP contribution in [0.3, 0.4) is 0 Å². The van der Waals surface area contributed by atoms with Crippen LogP contribution >= 0.6 is 0 Å². The molecule has 1 saturated carbocycles. The number of aromatic nitrogens is 2. The van der Waals surface area contributed by atoms with E-state index in [0.717, 1.165) is 48.9 Å². The van der Waals surface area contributed by atoms with Gasteiger partial charge < -0.3 is 15.2 Å². The van der Waals surface area contributed by atoms with Crippen molar-refractivity contribution in [1.29, 1.82) is 0 Å². The van der Waals surface area contributed by atoms with Gasteiger partial charge >= 0.3 is 0 Å². The Morgan fingerprint density at radius 1 is 1.21 bits per heavy atom. The van der Waals surface area contributed by atoms with Crippen LogP contribution in [0, 0.1) is 5.92 Å². The number of benzene rings is 1. The number of carbonyl (C=O) groups is 1. The van der Waals surface area contributed by atoms with Crippen LogP contribution in [-0.4, -0.2) is 33.5 Å². The highest BCUT2D eigenvalue weighted by atomic mass is 16.5. The van der Waals surface area contributed by atoms with E-state index < -0.39 is 11.7 Å². The van der Waals surface area contributed by atoms with E-state index in [0.29, 0.717) is 23.9 Å². The SMILES string of the molecule is CC1CCC(n2cc3cc(NC(=O)C4CCCCO4)c(C(C)(C)O)cc3n2)CC1. The van der Waals surface area contributed by atoms with Crippen molar-refractivity contribution in [3.8, 4) is 0 Å². The van der Waals surface area contributed by atoms with Gasteiger partial charge in [0.05, 0.1) is 17.2 Å². The molecule has 6 heteroatoms. The Morgan fingerprint density at radius 2 is 1.97 bits per heavy atom. The molecule has 29 heavy (non-hydrogen) atoms.